The van der Waals surface area contributed by atoms with E-state index in [-0.39, 0.29) is 0 Å². The van der Waals surface area contributed by atoms with Gasteiger partial charge in [0.05, 0.1) is 12.1 Å². The summed E-state index contributed by atoms with van der Waals surface area (Å²) in [6, 6.07) is 6.27. The molecule has 0 fully saturated rings. The first kappa shape index (κ1) is 8.26. The molecule has 1 aromatic carbocycles. The van der Waals surface area contributed by atoms with Crippen LogP contribution < -0.4 is 5.73 Å². The smallest absolute Gasteiger partial charge is 0.0925 e. The average Bonchev–Trinajstić information content (AvgIpc) is 2.46. The van der Waals surface area contributed by atoms with Gasteiger partial charge in [0, 0.05) is 18.1 Å². The number of fused-ring (bicyclic) bond motifs is 1. The van der Waals surface area contributed by atoms with E-state index in [1.54, 1.807) is 0 Å². The lowest BCUT2D eigenvalue weighted by Gasteiger charge is -1.93. The van der Waals surface area contributed by atoms with Crippen LogP contribution in [0.5, 0.6) is 0 Å². The summed E-state index contributed by atoms with van der Waals surface area (Å²) in [4.78, 5) is 0. The van der Waals surface area contributed by atoms with Gasteiger partial charge in [-0.2, -0.15) is 5.10 Å². The van der Waals surface area contributed by atoms with Crippen molar-refractivity contribution in [1.29, 1.82) is 0 Å². The van der Waals surface area contributed by atoms with Crippen molar-refractivity contribution in [1.82, 2.24) is 9.78 Å². The Morgan fingerprint density at radius 3 is 3.08 bits per heavy atom. The van der Waals surface area contributed by atoms with Gasteiger partial charge in [0.1, 0.15) is 0 Å². The number of aryl methyl sites for hydroxylation is 1. The van der Waals surface area contributed by atoms with Crippen molar-refractivity contribution in [2.45, 2.75) is 13.5 Å². The molecule has 2 aromatic rings. The topological polar surface area (TPSA) is 43.8 Å². The lowest BCUT2D eigenvalue weighted by Crippen LogP contribution is -2.09. The van der Waals surface area contributed by atoms with Gasteiger partial charge in [0.25, 0.3) is 0 Å². The maximum Gasteiger partial charge on any atom is 0.0925 e. The van der Waals surface area contributed by atoms with Crippen molar-refractivity contribution in [3.8, 4) is 0 Å². The lowest BCUT2D eigenvalue weighted by atomic mass is 10.2. The highest BCUT2D eigenvalue weighted by Gasteiger charge is 1.98. The molecule has 3 heteroatoms. The summed E-state index contributed by atoms with van der Waals surface area (Å²) in [6.45, 7) is 3.49. The van der Waals surface area contributed by atoms with Crippen molar-refractivity contribution in [3.05, 3.63) is 30.0 Å². The van der Waals surface area contributed by atoms with Gasteiger partial charge in [-0.1, -0.05) is 12.1 Å². The fourth-order valence-corrected chi connectivity index (χ4v) is 1.42. The summed E-state index contributed by atoms with van der Waals surface area (Å²) in [5.41, 5.74) is 7.74. The second-order valence-corrected chi connectivity index (χ2v) is 3.24. The highest BCUT2D eigenvalue weighted by atomic mass is 15.3. The van der Waals surface area contributed by atoms with Crippen LogP contribution in [0.4, 0.5) is 0 Å². The van der Waals surface area contributed by atoms with E-state index in [1.165, 1.54) is 10.9 Å². The molecule has 0 saturated heterocycles. The summed E-state index contributed by atoms with van der Waals surface area (Å²) in [5.74, 6) is 0. The first-order valence-electron chi connectivity index (χ1n) is 4.43. The van der Waals surface area contributed by atoms with Crippen LogP contribution in [-0.4, -0.2) is 16.3 Å². The normalized spacial score (nSPS) is 10.9. The van der Waals surface area contributed by atoms with E-state index in [0.29, 0.717) is 6.54 Å². The first-order chi connectivity index (χ1) is 6.29. The van der Waals surface area contributed by atoms with Crippen LogP contribution in [0.2, 0.25) is 0 Å². The van der Waals surface area contributed by atoms with Crippen molar-refractivity contribution in [2.24, 2.45) is 5.73 Å². The van der Waals surface area contributed by atoms with E-state index in [4.69, 9.17) is 5.73 Å². The van der Waals surface area contributed by atoms with Crippen LogP contribution in [0, 0.1) is 6.92 Å². The summed E-state index contributed by atoms with van der Waals surface area (Å²) >= 11 is 0. The minimum atomic E-state index is 0.632. The number of benzene rings is 1. The SMILES string of the molecule is Cc1ccc2cn(CCN)nc2c1. The molecule has 0 bridgehead atoms. The van der Waals surface area contributed by atoms with Gasteiger partial charge < -0.3 is 5.73 Å². The Labute approximate surface area is 77.2 Å². The van der Waals surface area contributed by atoms with Crippen LogP contribution in [0.15, 0.2) is 24.4 Å². The van der Waals surface area contributed by atoms with E-state index >= 15 is 0 Å². The minimum absolute atomic E-state index is 0.632. The number of rotatable bonds is 2. The molecule has 2 rings (SSSR count). The summed E-state index contributed by atoms with van der Waals surface area (Å²) in [5, 5.41) is 5.58. The fraction of sp³-hybridized carbons (Fsp3) is 0.300. The number of nitrogens with zero attached hydrogens (tertiary/aromatic N) is 2. The van der Waals surface area contributed by atoms with Gasteiger partial charge >= 0.3 is 0 Å². The highest BCUT2D eigenvalue weighted by Crippen LogP contribution is 2.13. The molecule has 0 aliphatic rings. The maximum absolute atomic E-state index is 5.45. The lowest BCUT2D eigenvalue weighted by molar-refractivity contribution is 0.632. The molecule has 0 amide bonds. The minimum Gasteiger partial charge on any atom is -0.329 e. The van der Waals surface area contributed by atoms with Crippen LogP contribution in [0.1, 0.15) is 5.56 Å². The third kappa shape index (κ3) is 1.55. The largest absolute Gasteiger partial charge is 0.329 e. The molecule has 68 valence electrons. The number of hydrogen-bond acceptors (Lipinski definition) is 2. The molecule has 13 heavy (non-hydrogen) atoms. The predicted octanol–water partition coefficient (Wildman–Crippen LogP) is 1.30. The second kappa shape index (κ2) is 3.18. The standard InChI is InChI=1S/C10H13N3/c1-8-2-3-9-7-13(5-4-11)12-10(9)6-8/h2-3,6-7H,4-5,11H2,1H3. The summed E-state index contributed by atoms with van der Waals surface area (Å²) < 4.78 is 1.89. The van der Waals surface area contributed by atoms with Gasteiger partial charge in [0.2, 0.25) is 0 Å². The number of nitrogens with two attached hydrogens (primary N) is 1. The molecule has 0 aliphatic heterocycles. The maximum atomic E-state index is 5.45. The van der Waals surface area contributed by atoms with Crippen LogP contribution in [0.3, 0.4) is 0 Å². The average molecular weight is 175 g/mol. The number of hydrogen-bond donors (Lipinski definition) is 1. The molecule has 1 aromatic heterocycles. The molecule has 0 unspecified atom stereocenters. The zero-order chi connectivity index (χ0) is 9.26. The third-order valence-corrected chi connectivity index (χ3v) is 2.07. The van der Waals surface area contributed by atoms with Crippen LogP contribution in [0.25, 0.3) is 10.9 Å². The van der Waals surface area contributed by atoms with E-state index in [1.807, 2.05) is 10.9 Å². The molecule has 0 radical (unpaired) electrons. The molecule has 3 nitrogen and oxygen atoms in total. The van der Waals surface area contributed by atoms with Gasteiger partial charge in [-0.3, -0.25) is 4.68 Å². The molecule has 0 atom stereocenters. The Hall–Kier alpha value is -1.35. The van der Waals surface area contributed by atoms with Gasteiger partial charge in [0.15, 0.2) is 0 Å². The van der Waals surface area contributed by atoms with Crippen molar-refractivity contribution < 1.29 is 0 Å². The van der Waals surface area contributed by atoms with Gasteiger partial charge in [-0.05, 0) is 18.6 Å². The van der Waals surface area contributed by atoms with Crippen LogP contribution in [-0.2, 0) is 6.54 Å². The van der Waals surface area contributed by atoms with E-state index in [0.717, 1.165) is 12.1 Å². The Kier molecular flexibility index (Phi) is 2.02. The van der Waals surface area contributed by atoms with E-state index in [2.05, 4.69) is 30.2 Å². The Bertz CT molecular complexity index is 417. The molecular formula is C10H13N3. The third-order valence-electron chi connectivity index (χ3n) is 2.07. The summed E-state index contributed by atoms with van der Waals surface area (Å²) in [6.07, 6.45) is 2.03. The van der Waals surface area contributed by atoms with Crippen molar-refractivity contribution in [2.75, 3.05) is 6.54 Å². The number of aromatic nitrogens is 2. The highest BCUT2D eigenvalue weighted by molar-refractivity contribution is 5.78. The van der Waals surface area contributed by atoms with Gasteiger partial charge in [-0.25, -0.2) is 0 Å². The molecular weight excluding hydrogens is 162 g/mol. The zero-order valence-corrected chi connectivity index (χ0v) is 7.70. The first-order valence-corrected chi connectivity index (χ1v) is 4.43. The molecule has 0 spiro atoms. The molecule has 2 N–H and O–H groups in total. The van der Waals surface area contributed by atoms with E-state index in [9.17, 15) is 0 Å². The molecule has 0 saturated carbocycles. The monoisotopic (exact) mass is 175 g/mol. The summed E-state index contributed by atoms with van der Waals surface area (Å²) in [7, 11) is 0. The zero-order valence-electron chi connectivity index (χ0n) is 7.70. The predicted molar refractivity (Wildman–Crippen MR) is 53.5 cm³/mol. The molecule has 0 aliphatic carbocycles. The van der Waals surface area contributed by atoms with Crippen molar-refractivity contribution in [3.63, 3.8) is 0 Å². The second-order valence-electron chi connectivity index (χ2n) is 3.24. The Balaban J connectivity index is 2.49. The quantitative estimate of drug-likeness (QED) is 0.747. The van der Waals surface area contributed by atoms with Gasteiger partial charge in [-0.15, -0.1) is 0 Å². The molecule has 1 heterocycles. The van der Waals surface area contributed by atoms with E-state index < -0.39 is 0 Å². The van der Waals surface area contributed by atoms with Crippen molar-refractivity contribution >= 4 is 10.9 Å². The Morgan fingerprint density at radius 1 is 1.46 bits per heavy atom. The Morgan fingerprint density at radius 2 is 2.31 bits per heavy atom. The van der Waals surface area contributed by atoms with Crippen LogP contribution >= 0.6 is 0 Å². The fourth-order valence-electron chi connectivity index (χ4n) is 1.42.